The van der Waals surface area contributed by atoms with Crippen molar-refractivity contribution < 1.29 is 0 Å². The van der Waals surface area contributed by atoms with E-state index in [0.29, 0.717) is 11.4 Å². The number of aromatic nitrogens is 5. The van der Waals surface area contributed by atoms with Crippen molar-refractivity contribution in [1.82, 2.24) is 29.4 Å². The molecule has 0 unspecified atom stereocenters. The maximum atomic E-state index is 12.8. The highest BCUT2D eigenvalue weighted by atomic mass is 16.1. The van der Waals surface area contributed by atoms with Gasteiger partial charge in [-0.3, -0.25) is 9.36 Å². The number of nitrogens with zero attached hydrogens (tertiary/aromatic N) is 6. The molecule has 31 heavy (non-hydrogen) atoms. The molecule has 7 nitrogen and oxygen atoms in total. The number of para-hydroxylation sites is 2. The predicted molar refractivity (Wildman–Crippen MR) is 122 cm³/mol. The lowest BCUT2D eigenvalue weighted by molar-refractivity contribution is 0.177. The molecule has 160 valence electrons. The van der Waals surface area contributed by atoms with Crippen molar-refractivity contribution in [3.8, 4) is 0 Å². The fraction of sp³-hybridized carbons (Fsp3) is 0.417. The van der Waals surface area contributed by atoms with Gasteiger partial charge in [0, 0.05) is 19.6 Å². The Kier molecular flexibility index (Phi) is 5.51. The fourth-order valence-electron chi connectivity index (χ4n) is 4.69. The van der Waals surface area contributed by atoms with Gasteiger partial charge in [0.1, 0.15) is 11.3 Å². The maximum Gasteiger partial charge on any atom is 0.261 e. The second kappa shape index (κ2) is 8.59. The average molecular weight is 417 g/mol. The number of benzene rings is 2. The minimum atomic E-state index is 0.0731. The Morgan fingerprint density at radius 3 is 2.48 bits per heavy atom. The summed E-state index contributed by atoms with van der Waals surface area (Å²) in [5, 5.41) is 9.41. The second-order valence-corrected chi connectivity index (χ2v) is 8.44. The van der Waals surface area contributed by atoms with Crippen molar-refractivity contribution in [1.29, 1.82) is 0 Å². The molecule has 4 aromatic rings. The molecule has 0 bridgehead atoms. The van der Waals surface area contributed by atoms with E-state index in [-0.39, 0.29) is 5.56 Å². The van der Waals surface area contributed by atoms with Crippen LogP contribution in [0.2, 0.25) is 0 Å². The van der Waals surface area contributed by atoms with Gasteiger partial charge >= 0.3 is 0 Å². The number of hydrogen-bond acceptors (Lipinski definition) is 5. The number of aryl methyl sites for hydroxylation is 1. The van der Waals surface area contributed by atoms with E-state index in [1.807, 2.05) is 47.9 Å². The second-order valence-electron chi connectivity index (χ2n) is 8.44. The number of likely N-dealkylation sites (tertiary alicyclic amines) is 1. The normalized spacial score (nSPS) is 15.8. The Morgan fingerprint density at radius 1 is 0.935 bits per heavy atom. The van der Waals surface area contributed by atoms with Crippen LogP contribution in [0, 0.1) is 6.92 Å². The highest BCUT2D eigenvalue weighted by Gasteiger charge is 2.22. The quantitative estimate of drug-likeness (QED) is 0.450. The zero-order valence-electron chi connectivity index (χ0n) is 17.9. The van der Waals surface area contributed by atoms with Crippen LogP contribution in [0.15, 0.2) is 53.3 Å². The van der Waals surface area contributed by atoms with E-state index < -0.39 is 0 Å². The number of fused-ring (bicyclic) bond motifs is 2. The molecular weight excluding hydrogens is 388 g/mol. The van der Waals surface area contributed by atoms with Crippen LogP contribution in [0.1, 0.15) is 37.5 Å². The highest BCUT2D eigenvalue weighted by Crippen LogP contribution is 2.25. The van der Waals surface area contributed by atoms with Crippen molar-refractivity contribution in [2.75, 3.05) is 19.6 Å². The van der Waals surface area contributed by atoms with Gasteiger partial charge < -0.3 is 4.90 Å². The van der Waals surface area contributed by atoms with Gasteiger partial charge in [-0.1, -0.05) is 29.5 Å². The summed E-state index contributed by atoms with van der Waals surface area (Å²) in [5.74, 6) is 0.796. The molecule has 0 atom stereocenters. The molecule has 5 rings (SSSR count). The monoisotopic (exact) mass is 416 g/mol. The van der Waals surface area contributed by atoms with Crippen LogP contribution < -0.4 is 5.56 Å². The predicted octanol–water partition coefficient (Wildman–Crippen LogP) is 3.57. The van der Waals surface area contributed by atoms with E-state index in [1.54, 1.807) is 0 Å². The van der Waals surface area contributed by atoms with E-state index in [1.165, 1.54) is 0 Å². The summed E-state index contributed by atoms with van der Waals surface area (Å²) in [6.45, 7) is 5.88. The highest BCUT2D eigenvalue weighted by molar-refractivity contribution is 5.77. The lowest BCUT2D eigenvalue weighted by Crippen LogP contribution is -2.35. The van der Waals surface area contributed by atoms with Gasteiger partial charge in [-0.15, -0.1) is 5.10 Å². The van der Waals surface area contributed by atoms with Crippen molar-refractivity contribution in [3.63, 3.8) is 0 Å². The molecule has 0 radical (unpaired) electrons. The molecule has 3 heterocycles. The fourth-order valence-corrected chi connectivity index (χ4v) is 4.69. The molecule has 0 aliphatic carbocycles. The van der Waals surface area contributed by atoms with Crippen molar-refractivity contribution in [2.24, 2.45) is 0 Å². The molecule has 1 fully saturated rings. The molecule has 0 amide bonds. The first-order valence-corrected chi connectivity index (χ1v) is 11.2. The summed E-state index contributed by atoms with van der Waals surface area (Å²) in [7, 11) is 0. The van der Waals surface area contributed by atoms with Crippen LogP contribution in [-0.2, 0) is 6.54 Å². The third-order valence-electron chi connectivity index (χ3n) is 6.44. The minimum Gasteiger partial charge on any atom is -0.303 e. The van der Waals surface area contributed by atoms with Gasteiger partial charge in [-0.2, -0.15) is 0 Å². The SMILES string of the molecule is Cc1nc2ccccc2c(=O)n1CCCCN1CCC(n2nnc3ccccc32)CC1. The Labute approximate surface area is 181 Å². The number of hydrogen-bond donors (Lipinski definition) is 0. The summed E-state index contributed by atoms with van der Waals surface area (Å²) in [6, 6.07) is 16.2. The molecule has 0 N–H and O–H groups in total. The third kappa shape index (κ3) is 3.97. The maximum absolute atomic E-state index is 12.8. The van der Waals surface area contributed by atoms with Gasteiger partial charge in [0.15, 0.2) is 0 Å². The van der Waals surface area contributed by atoms with Crippen LogP contribution in [0.3, 0.4) is 0 Å². The van der Waals surface area contributed by atoms with Gasteiger partial charge in [-0.25, -0.2) is 9.67 Å². The molecule has 2 aromatic heterocycles. The van der Waals surface area contributed by atoms with Crippen LogP contribution in [-0.4, -0.2) is 49.1 Å². The Hall–Kier alpha value is -3.06. The van der Waals surface area contributed by atoms with Gasteiger partial charge in [-0.05, 0) is 63.4 Å². The Balaban J connectivity index is 1.13. The first kappa shape index (κ1) is 19.9. The summed E-state index contributed by atoms with van der Waals surface area (Å²) in [6.07, 6.45) is 4.26. The van der Waals surface area contributed by atoms with Crippen LogP contribution in [0.5, 0.6) is 0 Å². The Morgan fingerprint density at radius 2 is 1.65 bits per heavy atom. The smallest absolute Gasteiger partial charge is 0.261 e. The zero-order valence-corrected chi connectivity index (χ0v) is 17.9. The molecule has 1 aliphatic rings. The minimum absolute atomic E-state index is 0.0731. The summed E-state index contributed by atoms with van der Waals surface area (Å²) >= 11 is 0. The van der Waals surface area contributed by atoms with Crippen LogP contribution in [0.4, 0.5) is 0 Å². The zero-order chi connectivity index (χ0) is 21.2. The van der Waals surface area contributed by atoms with E-state index >= 15 is 0 Å². The largest absolute Gasteiger partial charge is 0.303 e. The molecule has 2 aromatic carbocycles. The third-order valence-corrected chi connectivity index (χ3v) is 6.44. The van der Waals surface area contributed by atoms with Crippen molar-refractivity contribution >= 4 is 21.9 Å². The average Bonchev–Trinajstić information content (AvgIpc) is 3.23. The van der Waals surface area contributed by atoms with Gasteiger partial charge in [0.2, 0.25) is 0 Å². The summed E-state index contributed by atoms with van der Waals surface area (Å²) in [5.41, 5.74) is 2.96. The molecule has 7 heteroatoms. The topological polar surface area (TPSA) is 68.8 Å². The van der Waals surface area contributed by atoms with Crippen LogP contribution in [0.25, 0.3) is 21.9 Å². The van der Waals surface area contributed by atoms with E-state index in [4.69, 9.17) is 0 Å². The van der Waals surface area contributed by atoms with Crippen LogP contribution >= 0.6 is 0 Å². The van der Waals surface area contributed by atoms with Crippen molar-refractivity contribution in [3.05, 3.63) is 64.7 Å². The molecule has 1 saturated heterocycles. The number of rotatable bonds is 6. The lowest BCUT2D eigenvalue weighted by Gasteiger charge is -2.32. The van der Waals surface area contributed by atoms with E-state index in [9.17, 15) is 4.79 Å². The summed E-state index contributed by atoms with van der Waals surface area (Å²) < 4.78 is 3.93. The summed E-state index contributed by atoms with van der Waals surface area (Å²) in [4.78, 5) is 19.9. The van der Waals surface area contributed by atoms with E-state index in [0.717, 1.165) is 74.2 Å². The number of piperidine rings is 1. The molecule has 0 spiro atoms. The lowest BCUT2D eigenvalue weighted by atomic mass is 10.0. The molecule has 1 aliphatic heterocycles. The Bertz CT molecular complexity index is 1250. The molecular formula is C24H28N6O. The van der Waals surface area contributed by atoms with Crippen molar-refractivity contribution in [2.45, 2.75) is 45.2 Å². The molecule has 0 saturated carbocycles. The van der Waals surface area contributed by atoms with Gasteiger partial charge in [0.05, 0.1) is 22.5 Å². The van der Waals surface area contributed by atoms with E-state index in [2.05, 4.69) is 37.0 Å². The first-order valence-electron chi connectivity index (χ1n) is 11.2. The standard InChI is InChI=1S/C24H28N6O/c1-18-25-21-9-3-2-8-20(21)24(31)29(18)15-7-6-14-28-16-12-19(13-17-28)30-23-11-5-4-10-22(23)26-27-30/h2-5,8-11,19H,6-7,12-17H2,1H3. The van der Waals surface area contributed by atoms with Gasteiger partial charge in [0.25, 0.3) is 5.56 Å². The number of unbranched alkanes of at least 4 members (excludes halogenated alkanes) is 1. The first-order chi connectivity index (χ1) is 15.2.